The topological polar surface area (TPSA) is 45.7 Å². The lowest BCUT2D eigenvalue weighted by atomic mass is 10.1. The van der Waals surface area contributed by atoms with E-state index in [1.807, 2.05) is 12.3 Å². The molecule has 2 saturated heterocycles. The fraction of sp³-hybridized carbons (Fsp3) is 0.700. The summed E-state index contributed by atoms with van der Waals surface area (Å²) < 4.78 is 5.84. The number of hydrogen-bond acceptors (Lipinski definition) is 4. The Morgan fingerprint density at radius 1 is 1.32 bits per heavy atom. The van der Waals surface area contributed by atoms with Crippen LogP contribution >= 0.6 is 0 Å². The van der Waals surface area contributed by atoms with Gasteiger partial charge in [-0.2, -0.15) is 0 Å². The van der Waals surface area contributed by atoms with E-state index < -0.39 is 0 Å². The molecule has 1 aliphatic carbocycles. The number of nitrogens with zero attached hydrogens (tertiary/aromatic N) is 3. The van der Waals surface area contributed by atoms with Gasteiger partial charge in [-0.1, -0.05) is 6.07 Å². The van der Waals surface area contributed by atoms with E-state index in [1.165, 1.54) is 5.56 Å². The maximum absolute atomic E-state index is 13.0. The molecule has 1 amide bonds. The average molecular weight is 343 g/mol. The average Bonchev–Trinajstić information content (AvgIpc) is 3.26. The van der Waals surface area contributed by atoms with Crippen molar-refractivity contribution >= 4 is 5.91 Å². The number of aromatic nitrogens is 1. The Bertz CT molecular complexity index is 598. The Balaban J connectivity index is 1.36. The molecule has 4 rings (SSSR count). The predicted octanol–water partition coefficient (Wildman–Crippen LogP) is 2.29. The van der Waals surface area contributed by atoms with E-state index in [9.17, 15) is 4.79 Å². The molecule has 3 heterocycles. The Hall–Kier alpha value is -1.46. The molecule has 3 aliphatic rings. The minimum Gasteiger partial charge on any atom is -0.373 e. The molecule has 1 aromatic heterocycles. The van der Waals surface area contributed by atoms with E-state index in [2.05, 4.69) is 34.7 Å². The van der Waals surface area contributed by atoms with Gasteiger partial charge in [0, 0.05) is 50.5 Å². The summed E-state index contributed by atoms with van der Waals surface area (Å²) >= 11 is 0. The molecule has 0 bridgehead atoms. The predicted molar refractivity (Wildman–Crippen MR) is 96.3 cm³/mol. The van der Waals surface area contributed by atoms with E-state index in [-0.39, 0.29) is 18.1 Å². The second kappa shape index (κ2) is 7.04. The number of pyridine rings is 1. The van der Waals surface area contributed by atoms with Crippen molar-refractivity contribution in [3.05, 3.63) is 30.1 Å². The lowest BCUT2D eigenvalue weighted by molar-refractivity contribution is -0.134. The maximum Gasteiger partial charge on any atom is 0.226 e. The summed E-state index contributed by atoms with van der Waals surface area (Å²) in [5.74, 6) is 0.920. The lowest BCUT2D eigenvalue weighted by Crippen LogP contribution is -2.51. The SMILES string of the molecule is C[C@@H]1CN(C[C@@H]2CCCN2C(=O)[C@@H]2C[C@@H]2c2cccnc2)C[C@@H](C)O1. The molecule has 1 aromatic rings. The molecule has 136 valence electrons. The van der Waals surface area contributed by atoms with Crippen LogP contribution in [-0.2, 0) is 9.53 Å². The highest BCUT2D eigenvalue weighted by Crippen LogP contribution is 2.48. The van der Waals surface area contributed by atoms with Gasteiger partial charge in [0.05, 0.1) is 12.2 Å². The van der Waals surface area contributed by atoms with Crippen LogP contribution in [0.4, 0.5) is 0 Å². The summed E-state index contributed by atoms with van der Waals surface area (Å²) in [5, 5.41) is 0. The molecule has 0 N–H and O–H groups in total. The first-order valence-electron chi connectivity index (χ1n) is 9.70. The maximum atomic E-state index is 13.0. The van der Waals surface area contributed by atoms with Crippen LogP contribution in [0.25, 0.3) is 0 Å². The number of carbonyl (C=O) groups excluding carboxylic acids is 1. The summed E-state index contributed by atoms with van der Waals surface area (Å²) in [6.45, 7) is 8.16. The molecule has 0 spiro atoms. The Labute approximate surface area is 150 Å². The number of ether oxygens (including phenoxy) is 1. The molecule has 5 atom stereocenters. The van der Waals surface area contributed by atoms with Crippen molar-refractivity contribution in [2.45, 2.75) is 57.3 Å². The number of hydrogen-bond donors (Lipinski definition) is 0. The van der Waals surface area contributed by atoms with Gasteiger partial charge in [-0.25, -0.2) is 0 Å². The summed E-state index contributed by atoms with van der Waals surface area (Å²) in [5.41, 5.74) is 1.22. The van der Waals surface area contributed by atoms with Crippen LogP contribution in [0.2, 0.25) is 0 Å². The van der Waals surface area contributed by atoms with Gasteiger partial charge in [-0.15, -0.1) is 0 Å². The van der Waals surface area contributed by atoms with Gasteiger partial charge in [-0.3, -0.25) is 14.7 Å². The lowest BCUT2D eigenvalue weighted by Gasteiger charge is -2.38. The molecular formula is C20H29N3O2. The summed E-state index contributed by atoms with van der Waals surface area (Å²) in [6, 6.07) is 4.44. The van der Waals surface area contributed by atoms with E-state index in [1.54, 1.807) is 6.20 Å². The third-order valence-corrected chi connectivity index (χ3v) is 5.84. The molecular weight excluding hydrogens is 314 g/mol. The number of rotatable bonds is 4. The van der Waals surface area contributed by atoms with E-state index in [0.29, 0.717) is 17.9 Å². The monoisotopic (exact) mass is 343 g/mol. The van der Waals surface area contributed by atoms with Gasteiger partial charge in [0.2, 0.25) is 5.91 Å². The fourth-order valence-corrected chi connectivity index (χ4v) is 4.69. The van der Waals surface area contributed by atoms with Gasteiger partial charge in [0.15, 0.2) is 0 Å². The highest BCUT2D eigenvalue weighted by Gasteiger charge is 2.47. The van der Waals surface area contributed by atoms with Crippen LogP contribution in [0.3, 0.4) is 0 Å². The molecule has 5 heteroatoms. The number of likely N-dealkylation sites (tertiary alicyclic amines) is 1. The van der Waals surface area contributed by atoms with Crippen LogP contribution in [0, 0.1) is 5.92 Å². The zero-order valence-corrected chi connectivity index (χ0v) is 15.3. The van der Waals surface area contributed by atoms with E-state index >= 15 is 0 Å². The van der Waals surface area contributed by atoms with Crippen molar-refractivity contribution in [1.82, 2.24) is 14.8 Å². The summed E-state index contributed by atoms with van der Waals surface area (Å²) in [4.78, 5) is 21.9. The minimum atomic E-state index is 0.173. The molecule has 0 unspecified atom stereocenters. The smallest absolute Gasteiger partial charge is 0.226 e. The van der Waals surface area contributed by atoms with Crippen LogP contribution < -0.4 is 0 Å². The molecule has 5 nitrogen and oxygen atoms in total. The molecule has 2 aliphatic heterocycles. The number of amides is 1. The van der Waals surface area contributed by atoms with Gasteiger partial charge in [0.1, 0.15) is 0 Å². The second-order valence-electron chi connectivity index (χ2n) is 8.04. The van der Waals surface area contributed by atoms with Crippen molar-refractivity contribution in [2.75, 3.05) is 26.2 Å². The van der Waals surface area contributed by atoms with Crippen molar-refractivity contribution in [3.63, 3.8) is 0 Å². The van der Waals surface area contributed by atoms with Crippen molar-refractivity contribution < 1.29 is 9.53 Å². The number of carbonyl (C=O) groups is 1. The normalized spacial score (nSPS) is 35.8. The number of morpholine rings is 1. The van der Waals surface area contributed by atoms with Gasteiger partial charge in [-0.05, 0) is 50.7 Å². The third kappa shape index (κ3) is 3.72. The molecule has 0 radical (unpaired) electrons. The van der Waals surface area contributed by atoms with Crippen LogP contribution in [0.1, 0.15) is 44.6 Å². The Morgan fingerprint density at radius 3 is 2.84 bits per heavy atom. The van der Waals surface area contributed by atoms with Crippen LogP contribution in [0.5, 0.6) is 0 Å². The molecule has 3 fully saturated rings. The summed E-state index contributed by atoms with van der Waals surface area (Å²) in [6.07, 6.45) is 7.53. The quantitative estimate of drug-likeness (QED) is 0.841. The second-order valence-corrected chi connectivity index (χ2v) is 8.04. The largest absolute Gasteiger partial charge is 0.373 e. The summed E-state index contributed by atoms with van der Waals surface area (Å²) in [7, 11) is 0. The van der Waals surface area contributed by atoms with Crippen molar-refractivity contribution in [3.8, 4) is 0 Å². The first kappa shape index (κ1) is 17.0. The Morgan fingerprint density at radius 2 is 2.12 bits per heavy atom. The highest BCUT2D eigenvalue weighted by atomic mass is 16.5. The van der Waals surface area contributed by atoms with Gasteiger partial charge in [0.25, 0.3) is 0 Å². The van der Waals surface area contributed by atoms with Crippen LogP contribution in [0.15, 0.2) is 24.5 Å². The fourth-order valence-electron chi connectivity index (χ4n) is 4.69. The molecule has 0 aromatic carbocycles. The van der Waals surface area contributed by atoms with Gasteiger partial charge < -0.3 is 9.64 Å². The third-order valence-electron chi connectivity index (χ3n) is 5.84. The minimum absolute atomic E-state index is 0.173. The van der Waals surface area contributed by atoms with Gasteiger partial charge >= 0.3 is 0 Å². The van der Waals surface area contributed by atoms with E-state index in [0.717, 1.165) is 45.4 Å². The van der Waals surface area contributed by atoms with Crippen molar-refractivity contribution in [1.29, 1.82) is 0 Å². The zero-order chi connectivity index (χ0) is 17.4. The first-order chi connectivity index (χ1) is 12.1. The molecule has 25 heavy (non-hydrogen) atoms. The Kier molecular flexibility index (Phi) is 4.78. The first-order valence-corrected chi connectivity index (χ1v) is 9.70. The molecule has 1 saturated carbocycles. The standard InChI is InChI=1S/C20H29N3O2/c1-14-11-22(12-15(2)25-14)13-17-6-4-8-23(17)20(24)19-9-18(19)16-5-3-7-21-10-16/h3,5,7,10,14-15,17-19H,4,6,8-9,11-13H2,1-2H3/t14-,15-,17+,18-,19-/m1/s1. The highest BCUT2D eigenvalue weighted by molar-refractivity contribution is 5.83. The van der Waals surface area contributed by atoms with E-state index in [4.69, 9.17) is 4.74 Å². The van der Waals surface area contributed by atoms with Crippen LogP contribution in [-0.4, -0.2) is 65.1 Å². The van der Waals surface area contributed by atoms with Crippen molar-refractivity contribution in [2.24, 2.45) is 5.92 Å². The zero-order valence-electron chi connectivity index (χ0n) is 15.3.